The summed E-state index contributed by atoms with van der Waals surface area (Å²) in [5.41, 5.74) is 1.17. The number of carboxylic acid groups (broad SMARTS) is 1. The van der Waals surface area contributed by atoms with E-state index >= 15 is 0 Å². The standard InChI is InChI=1S/C25H24F3N3O5/c1-35-23-12-16(2-9-22(23)36-15-17-3-4-19(27)13-21(17)28)14-31(11-10-29-25(33)34)24(32)30-20-7-5-18(26)6-8-20/h2-9,12-13,29H,10-11,14-15H2,1H3,(H,30,32)(H,33,34). The lowest BCUT2D eigenvalue weighted by molar-refractivity contribution is 0.188. The van der Waals surface area contributed by atoms with Crippen LogP contribution in [0.15, 0.2) is 60.7 Å². The Hall–Kier alpha value is -4.41. The molecule has 0 spiro atoms. The number of carbonyl (C=O) groups is 2. The molecule has 36 heavy (non-hydrogen) atoms. The van der Waals surface area contributed by atoms with Gasteiger partial charge in [-0.1, -0.05) is 6.07 Å². The molecular formula is C25H24F3N3O5. The number of halogens is 3. The van der Waals surface area contributed by atoms with Crippen molar-refractivity contribution >= 4 is 17.8 Å². The van der Waals surface area contributed by atoms with Crippen LogP contribution in [-0.2, 0) is 13.2 Å². The second kappa shape index (κ2) is 12.3. The van der Waals surface area contributed by atoms with Gasteiger partial charge in [-0.05, 0) is 54.1 Å². The summed E-state index contributed by atoms with van der Waals surface area (Å²) in [4.78, 5) is 25.0. The first-order valence-corrected chi connectivity index (χ1v) is 10.8. The molecule has 0 radical (unpaired) electrons. The number of ether oxygens (including phenoxy) is 2. The molecule has 0 atom stereocenters. The number of rotatable bonds is 10. The van der Waals surface area contributed by atoms with Gasteiger partial charge in [0, 0.05) is 37.0 Å². The number of carbonyl (C=O) groups excluding carboxylic acids is 1. The Kier molecular flexibility index (Phi) is 8.98. The first-order chi connectivity index (χ1) is 17.2. The number of hydrogen-bond acceptors (Lipinski definition) is 4. The molecule has 0 heterocycles. The van der Waals surface area contributed by atoms with Gasteiger partial charge in [-0.25, -0.2) is 22.8 Å². The third kappa shape index (κ3) is 7.55. The molecule has 3 N–H and O–H groups in total. The summed E-state index contributed by atoms with van der Waals surface area (Å²) >= 11 is 0. The van der Waals surface area contributed by atoms with Gasteiger partial charge in [0.05, 0.1) is 7.11 Å². The first kappa shape index (κ1) is 26.2. The zero-order chi connectivity index (χ0) is 26.1. The lowest BCUT2D eigenvalue weighted by atomic mass is 10.2. The smallest absolute Gasteiger partial charge is 0.404 e. The quantitative estimate of drug-likeness (QED) is 0.362. The fourth-order valence-electron chi connectivity index (χ4n) is 3.23. The van der Waals surface area contributed by atoms with Crippen LogP contribution in [0, 0.1) is 17.5 Å². The van der Waals surface area contributed by atoms with Crippen LogP contribution < -0.4 is 20.1 Å². The zero-order valence-electron chi connectivity index (χ0n) is 19.3. The van der Waals surface area contributed by atoms with Crippen molar-refractivity contribution in [3.63, 3.8) is 0 Å². The molecular weight excluding hydrogens is 479 g/mol. The van der Waals surface area contributed by atoms with Crippen LogP contribution in [0.25, 0.3) is 0 Å². The van der Waals surface area contributed by atoms with E-state index in [9.17, 15) is 22.8 Å². The molecule has 3 aromatic rings. The van der Waals surface area contributed by atoms with Gasteiger partial charge in [-0.15, -0.1) is 0 Å². The average Bonchev–Trinajstić information content (AvgIpc) is 2.84. The Bertz CT molecular complexity index is 1210. The molecule has 0 aliphatic rings. The fourth-order valence-corrected chi connectivity index (χ4v) is 3.23. The third-order valence-electron chi connectivity index (χ3n) is 5.04. The Morgan fingerprint density at radius 3 is 2.33 bits per heavy atom. The second-order valence-corrected chi connectivity index (χ2v) is 7.60. The molecule has 11 heteroatoms. The van der Waals surface area contributed by atoms with Crippen LogP contribution in [-0.4, -0.2) is 42.3 Å². The van der Waals surface area contributed by atoms with Gasteiger partial charge in [0.25, 0.3) is 0 Å². The molecule has 3 amide bonds. The summed E-state index contributed by atoms with van der Waals surface area (Å²) in [5, 5.41) is 13.7. The first-order valence-electron chi connectivity index (χ1n) is 10.8. The maximum Gasteiger partial charge on any atom is 0.404 e. The summed E-state index contributed by atoms with van der Waals surface area (Å²) in [5.74, 6) is -1.25. The van der Waals surface area contributed by atoms with Crippen molar-refractivity contribution in [3.05, 3.63) is 89.2 Å². The van der Waals surface area contributed by atoms with Crippen molar-refractivity contribution in [2.75, 3.05) is 25.5 Å². The molecule has 0 saturated heterocycles. The van der Waals surface area contributed by atoms with Crippen LogP contribution in [0.1, 0.15) is 11.1 Å². The van der Waals surface area contributed by atoms with E-state index < -0.39 is 29.6 Å². The van der Waals surface area contributed by atoms with Crippen molar-refractivity contribution in [3.8, 4) is 11.5 Å². The highest BCUT2D eigenvalue weighted by Crippen LogP contribution is 2.30. The summed E-state index contributed by atoms with van der Waals surface area (Å²) in [6, 6.07) is 12.7. The number of anilines is 1. The van der Waals surface area contributed by atoms with Crippen LogP contribution in [0.3, 0.4) is 0 Å². The van der Waals surface area contributed by atoms with Gasteiger partial charge >= 0.3 is 12.1 Å². The van der Waals surface area contributed by atoms with E-state index in [4.69, 9.17) is 14.6 Å². The molecule has 0 aromatic heterocycles. The van der Waals surface area contributed by atoms with Crippen molar-refractivity contribution in [2.45, 2.75) is 13.2 Å². The fraction of sp³-hybridized carbons (Fsp3) is 0.200. The van der Waals surface area contributed by atoms with Crippen molar-refractivity contribution in [2.24, 2.45) is 0 Å². The molecule has 3 rings (SSSR count). The Labute approximate surface area is 205 Å². The van der Waals surface area contributed by atoms with Gasteiger partial charge in [-0.3, -0.25) is 0 Å². The molecule has 3 aromatic carbocycles. The summed E-state index contributed by atoms with van der Waals surface area (Å²) in [7, 11) is 1.42. The maximum atomic E-state index is 13.9. The lowest BCUT2D eigenvalue weighted by Crippen LogP contribution is -2.40. The van der Waals surface area contributed by atoms with E-state index in [0.717, 1.165) is 12.1 Å². The van der Waals surface area contributed by atoms with E-state index in [0.29, 0.717) is 22.7 Å². The van der Waals surface area contributed by atoms with Gasteiger partial charge in [0.2, 0.25) is 0 Å². The summed E-state index contributed by atoms with van der Waals surface area (Å²) in [6.45, 7) is -0.0517. The van der Waals surface area contributed by atoms with E-state index in [-0.39, 0.29) is 31.8 Å². The molecule has 0 fully saturated rings. The summed E-state index contributed by atoms with van der Waals surface area (Å²) < 4.78 is 51.2. The van der Waals surface area contributed by atoms with Crippen LogP contribution in [0.4, 0.5) is 28.4 Å². The van der Waals surface area contributed by atoms with Gasteiger partial charge in [0.1, 0.15) is 24.1 Å². The van der Waals surface area contributed by atoms with Gasteiger partial charge < -0.3 is 30.1 Å². The molecule has 0 bridgehead atoms. The van der Waals surface area contributed by atoms with E-state index in [1.54, 1.807) is 18.2 Å². The summed E-state index contributed by atoms with van der Waals surface area (Å²) in [6.07, 6.45) is -1.23. The number of benzene rings is 3. The zero-order valence-corrected chi connectivity index (χ0v) is 19.3. The van der Waals surface area contributed by atoms with Crippen LogP contribution in [0.5, 0.6) is 11.5 Å². The molecule has 190 valence electrons. The van der Waals surface area contributed by atoms with E-state index in [1.165, 1.54) is 42.3 Å². The van der Waals surface area contributed by atoms with Gasteiger partial charge in [0.15, 0.2) is 11.5 Å². The Morgan fingerprint density at radius 2 is 1.67 bits per heavy atom. The Balaban J connectivity index is 1.72. The monoisotopic (exact) mass is 503 g/mol. The minimum Gasteiger partial charge on any atom is -0.493 e. The lowest BCUT2D eigenvalue weighted by Gasteiger charge is -2.24. The SMILES string of the molecule is COc1cc(CN(CCNC(=O)O)C(=O)Nc2ccc(F)cc2)ccc1OCc1ccc(F)cc1F. The normalized spacial score (nSPS) is 10.4. The van der Waals surface area contributed by atoms with E-state index in [1.807, 2.05) is 0 Å². The molecule has 0 saturated carbocycles. The van der Waals surface area contributed by atoms with Crippen LogP contribution in [0.2, 0.25) is 0 Å². The highest BCUT2D eigenvalue weighted by atomic mass is 19.1. The minimum absolute atomic E-state index is 0.0201. The van der Waals surface area contributed by atoms with Crippen molar-refractivity contribution in [1.82, 2.24) is 10.2 Å². The van der Waals surface area contributed by atoms with Crippen molar-refractivity contribution in [1.29, 1.82) is 0 Å². The molecule has 0 aliphatic heterocycles. The van der Waals surface area contributed by atoms with E-state index in [2.05, 4.69) is 10.6 Å². The second-order valence-electron chi connectivity index (χ2n) is 7.60. The predicted molar refractivity (Wildman–Crippen MR) is 126 cm³/mol. The minimum atomic E-state index is -1.23. The molecule has 0 aliphatic carbocycles. The number of hydrogen-bond donors (Lipinski definition) is 3. The number of urea groups is 1. The third-order valence-corrected chi connectivity index (χ3v) is 5.04. The largest absolute Gasteiger partial charge is 0.493 e. The maximum absolute atomic E-state index is 13.9. The molecule has 0 unspecified atom stereocenters. The molecule has 8 nitrogen and oxygen atoms in total. The highest BCUT2D eigenvalue weighted by Gasteiger charge is 2.17. The number of nitrogens with one attached hydrogen (secondary N) is 2. The number of nitrogens with zero attached hydrogens (tertiary/aromatic N) is 1. The average molecular weight is 503 g/mol. The predicted octanol–water partition coefficient (Wildman–Crippen LogP) is 4.99. The highest BCUT2D eigenvalue weighted by molar-refractivity contribution is 5.89. The van der Waals surface area contributed by atoms with Crippen molar-refractivity contribution < 1.29 is 37.3 Å². The number of methoxy groups -OCH3 is 1. The van der Waals surface area contributed by atoms with Gasteiger partial charge in [-0.2, -0.15) is 0 Å². The van der Waals surface area contributed by atoms with Crippen LogP contribution >= 0.6 is 0 Å². The topological polar surface area (TPSA) is 100 Å². The Morgan fingerprint density at radius 1 is 0.944 bits per heavy atom. The number of amides is 3.